The summed E-state index contributed by atoms with van der Waals surface area (Å²) >= 11 is 0. The highest BCUT2D eigenvalue weighted by molar-refractivity contribution is 5.80. The molecule has 56 heavy (non-hydrogen) atoms. The van der Waals surface area contributed by atoms with Gasteiger partial charge < -0.3 is 19.3 Å². The van der Waals surface area contributed by atoms with Crippen molar-refractivity contribution in [3.63, 3.8) is 0 Å². The fourth-order valence-electron chi connectivity index (χ4n) is 7.35. The molecule has 0 unspecified atom stereocenters. The Morgan fingerprint density at radius 3 is 1.02 bits per heavy atom. The minimum atomic E-state index is 0.176. The number of ether oxygens (including phenoxy) is 2. The molecule has 2 aromatic rings. The van der Waals surface area contributed by atoms with Gasteiger partial charge in [0, 0.05) is 12.8 Å². The van der Waals surface area contributed by atoms with Crippen molar-refractivity contribution < 1.29 is 19.1 Å². The maximum Gasteiger partial charge on any atom is 0.158 e. The lowest BCUT2D eigenvalue weighted by atomic mass is 10.0. The number of carbonyl (C=O) groups is 2. The molecule has 318 valence electrons. The summed E-state index contributed by atoms with van der Waals surface area (Å²) in [5.41, 5.74) is 4.39. The van der Waals surface area contributed by atoms with Gasteiger partial charge in [-0.15, -0.1) is 0 Å². The molecule has 0 aliphatic heterocycles. The Hall–Kier alpha value is -2.38. The molecule has 0 fully saturated rings. The van der Waals surface area contributed by atoms with Crippen molar-refractivity contribution in [2.45, 2.75) is 181 Å². The molecule has 0 aromatic heterocycles. The first-order valence-electron chi connectivity index (χ1n) is 23.2. The van der Waals surface area contributed by atoms with Gasteiger partial charge in [-0.25, -0.2) is 0 Å². The average molecular weight is 777 g/mol. The van der Waals surface area contributed by atoms with Gasteiger partial charge in [0.15, 0.2) is 11.6 Å². The Bertz CT molecular complexity index is 1120. The highest BCUT2D eigenvalue weighted by Gasteiger charge is 2.08. The van der Waals surface area contributed by atoms with Crippen molar-refractivity contribution in [3.05, 3.63) is 59.7 Å². The summed E-state index contributed by atoms with van der Waals surface area (Å²) in [4.78, 5) is 29.5. The van der Waals surface area contributed by atoms with Crippen LogP contribution < -0.4 is 0 Å². The molecule has 0 bridgehead atoms. The smallest absolute Gasteiger partial charge is 0.158 e. The molecular weight excluding hydrogens is 693 g/mol. The predicted molar refractivity (Wildman–Crippen MR) is 238 cm³/mol. The lowest BCUT2D eigenvalue weighted by molar-refractivity contribution is -0.124. The number of nitrogens with zero attached hydrogens (tertiary/aromatic N) is 2. The molecule has 0 radical (unpaired) electrons. The predicted octanol–water partition coefficient (Wildman–Crippen LogP) is 12.8. The minimum Gasteiger partial charge on any atom is -0.369 e. The lowest BCUT2D eigenvalue weighted by Crippen LogP contribution is -2.22. The van der Waals surface area contributed by atoms with Gasteiger partial charge in [0.25, 0.3) is 0 Å². The number of unbranched alkanes of at least 4 members (excludes halogenated alkanes) is 18. The first-order valence-corrected chi connectivity index (χ1v) is 23.2. The lowest BCUT2D eigenvalue weighted by Gasteiger charge is -2.16. The third kappa shape index (κ3) is 27.3. The van der Waals surface area contributed by atoms with Crippen LogP contribution in [-0.2, 0) is 32.3 Å². The molecule has 0 amide bonds. The number of hydrogen-bond acceptors (Lipinski definition) is 6. The Morgan fingerprint density at radius 1 is 0.411 bits per heavy atom. The molecule has 2 aromatic carbocycles. The maximum atomic E-state index is 12.4. The standard InChI is InChI=1S/C50H84N2O4/c1-5-7-9-11-13-15-17-19-21-23-37-51(3)39-25-27-49(53)43-55-41-45-29-33-47(34-30-45)48-35-31-46(32-36-48)42-56-44-50(54)28-26-40-52(4)38-24-22-20-18-16-14-12-10-8-6-2/h29-36H,5-28,37-44H2,1-4H3. The van der Waals surface area contributed by atoms with E-state index < -0.39 is 0 Å². The van der Waals surface area contributed by atoms with Crippen molar-refractivity contribution in [1.29, 1.82) is 0 Å². The maximum absolute atomic E-state index is 12.4. The van der Waals surface area contributed by atoms with E-state index >= 15 is 0 Å². The quantitative estimate of drug-likeness (QED) is 0.0630. The van der Waals surface area contributed by atoms with Gasteiger partial charge in [0.05, 0.1) is 13.2 Å². The first kappa shape index (κ1) is 49.8. The molecular formula is C50H84N2O4. The summed E-state index contributed by atoms with van der Waals surface area (Å²) in [5, 5.41) is 0. The van der Waals surface area contributed by atoms with Crippen LogP contribution in [0.1, 0.15) is 179 Å². The minimum absolute atomic E-state index is 0.176. The van der Waals surface area contributed by atoms with Crippen LogP contribution in [0.4, 0.5) is 0 Å². The summed E-state index contributed by atoms with van der Waals surface area (Å²) in [5.74, 6) is 0.362. The van der Waals surface area contributed by atoms with Gasteiger partial charge >= 0.3 is 0 Å². The van der Waals surface area contributed by atoms with Crippen LogP contribution in [0.5, 0.6) is 0 Å². The molecule has 0 spiro atoms. The molecule has 0 aliphatic rings. The van der Waals surface area contributed by atoms with Crippen LogP contribution >= 0.6 is 0 Å². The van der Waals surface area contributed by atoms with Crippen molar-refractivity contribution in [2.24, 2.45) is 0 Å². The van der Waals surface area contributed by atoms with Crippen LogP contribution in [0.3, 0.4) is 0 Å². The van der Waals surface area contributed by atoms with Gasteiger partial charge in [-0.2, -0.15) is 0 Å². The van der Waals surface area contributed by atoms with Crippen LogP contribution in [-0.4, -0.2) is 74.9 Å². The largest absolute Gasteiger partial charge is 0.369 e. The highest BCUT2D eigenvalue weighted by atomic mass is 16.5. The average Bonchev–Trinajstić information content (AvgIpc) is 3.20. The molecule has 0 atom stereocenters. The van der Waals surface area contributed by atoms with Crippen LogP contribution in [0.25, 0.3) is 11.1 Å². The first-order chi connectivity index (χ1) is 27.4. The van der Waals surface area contributed by atoms with Crippen molar-refractivity contribution in [3.8, 4) is 11.1 Å². The van der Waals surface area contributed by atoms with Crippen molar-refractivity contribution in [1.82, 2.24) is 9.80 Å². The summed E-state index contributed by atoms with van der Waals surface area (Å²) in [6.07, 6.45) is 30.2. The van der Waals surface area contributed by atoms with Crippen LogP contribution in [0.2, 0.25) is 0 Å². The molecule has 2 rings (SSSR count). The zero-order valence-electron chi connectivity index (χ0n) is 36.8. The van der Waals surface area contributed by atoms with Crippen LogP contribution in [0.15, 0.2) is 48.5 Å². The van der Waals surface area contributed by atoms with E-state index in [1.54, 1.807) is 0 Å². The molecule has 0 saturated carbocycles. The third-order valence-corrected chi connectivity index (χ3v) is 11.1. The number of hydrogen-bond donors (Lipinski definition) is 0. The Kier molecular flexibility index (Phi) is 30.8. The zero-order chi connectivity index (χ0) is 40.3. The second-order valence-corrected chi connectivity index (χ2v) is 16.6. The van der Waals surface area contributed by atoms with Crippen LogP contribution in [0, 0.1) is 0 Å². The van der Waals surface area contributed by atoms with E-state index in [2.05, 4.69) is 86.3 Å². The fourth-order valence-corrected chi connectivity index (χ4v) is 7.35. The molecule has 0 N–H and O–H groups in total. The van der Waals surface area contributed by atoms with E-state index in [0.29, 0.717) is 26.1 Å². The molecule has 0 saturated heterocycles. The molecule has 6 nitrogen and oxygen atoms in total. The molecule has 6 heteroatoms. The topological polar surface area (TPSA) is 59.1 Å². The number of ketones is 2. The Morgan fingerprint density at radius 2 is 0.696 bits per heavy atom. The van der Waals surface area contributed by atoms with Gasteiger partial charge in [-0.05, 0) is 88.2 Å². The summed E-state index contributed by atoms with van der Waals surface area (Å²) in [7, 11) is 4.35. The summed E-state index contributed by atoms with van der Waals surface area (Å²) < 4.78 is 11.5. The van der Waals surface area contributed by atoms with E-state index in [9.17, 15) is 9.59 Å². The number of benzene rings is 2. The zero-order valence-corrected chi connectivity index (χ0v) is 36.8. The van der Waals surface area contributed by atoms with E-state index in [1.165, 1.54) is 128 Å². The second-order valence-electron chi connectivity index (χ2n) is 16.6. The fraction of sp³-hybridized carbons (Fsp3) is 0.720. The second kappa shape index (κ2) is 34.6. The SMILES string of the molecule is CCCCCCCCCCCCN(C)CCCC(=O)COCc1ccc(-c2ccc(COCC(=O)CCCN(C)CCCCCCCCCCCC)cc2)cc1. The number of Topliss-reactive ketones (excluding diaryl/α,β-unsaturated/α-hetero) is 2. The number of rotatable bonds is 39. The van der Waals surface area contributed by atoms with E-state index in [4.69, 9.17) is 9.47 Å². The third-order valence-electron chi connectivity index (χ3n) is 11.1. The van der Waals surface area contributed by atoms with E-state index in [-0.39, 0.29) is 24.8 Å². The van der Waals surface area contributed by atoms with E-state index in [1.807, 2.05) is 0 Å². The van der Waals surface area contributed by atoms with Gasteiger partial charge in [0.1, 0.15) is 13.2 Å². The van der Waals surface area contributed by atoms with E-state index in [0.717, 1.165) is 61.3 Å². The molecule has 0 aliphatic carbocycles. The normalized spacial score (nSPS) is 11.6. The summed E-state index contributed by atoms with van der Waals surface area (Å²) in [6.45, 7) is 9.96. The number of carbonyl (C=O) groups excluding carboxylic acids is 2. The van der Waals surface area contributed by atoms with Crippen molar-refractivity contribution >= 4 is 11.6 Å². The highest BCUT2D eigenvalue weighted by Crippen LogP contribution is 2.21. The van der Waals surface area contributed by atoms with Gasteiger partial charge in [0.2, 0.25) is 0 Å². The Labute approximate surface area is 344 Å². The Balaban J connectivity index is 1.47. The van der Waals surface area contributed by atoms with Crippen molar-refractivity contribution in [2.75, 3.05) is 53.5 Å². The van der Waals surface area contributed by atoms with Gasteiger partial charge in [-0.1, -0.05) is 178 Å². The monoisotopic (exact) mass is 777 g/mol. The van der Waals surface area contributed by atoms with Gasteiger partial charge in [-0.3, -0.25) is 9.59 Å². The molecule has 0 heterocycles. The summed E-state index contributed by atoms with van der Waals surface area (Å²) in [6, 6.07) is 16.7.